The fraction of sp³-hybridized carbons (Fsp3) is 0.889. The van der Waals surface area contributed by atoms with Gasteiger partial charge in [-0.2, -0.15) is 11.8 Å². The van der Waals surface area contributed by atoms with E-state index in [1.807, 2.05) is 0 Å². The van der Waals surface area contributed by atoms with Crippen LogP contribution in [0.5, 0.6) is 0 Å². The molecule has 0 bridgehead atoms. The summed E-state index contributed by atoms with van der Waals surface area (Å²) in [5.74, 6) is 0.0227. The van der Waals surface area contributed by atoms with Crippen LogP contribution in [0.4, 0.5) is 0 Å². The number of quaternary nitrogens is 1. The smallest absolute Gasteiger partial charge is 0.362 e. The summed E-state index contributed by atoms with van der Waals surface area (Å²) < 4.78 is 4.94. The van der Waals surface area contributed by atoms with E-state index in [1.54, 1.807) is 0 Å². The number of hydrogen-bond acceptors (Lipinski definition) is 6. The van der Waals surface area contributed by atoms with Gasteiger partial charge in [0, 0.05) is 12.2 Å². The summed E-state index contributed by atoms with van der Waals surface area (Å²) in [6, 6.07) is -0.645. The Balaban J connectivity index is 2.17. The highest BCUT2D eigenvalue weighted by molar-refractivity contribution is 7.99. The van der Waals surface area contributed by atoms with Crippen LogP contribution < -0.4 is 5.73 Å². The van der Waals surface area contributed by atoms with E-state index in [0.29, 0.717) is 17.9 Å². The first kappa shape index (κ1) is 14.7. The molecule has 5 atom stereocenters. The van der Waals surface area contributed by atoms with Gasteiger partial charge in [-0.15, -0.1) is 0 Å². The van der Waals surface area contributed by atoms with Gasteiger partial charge >= 0.3 is 5.97 Å². The van der Waals surface area contributed by atoms with E-state index < -0.39 is 36.6 Å². The number of carboxylic acid groups (broad SMARTS) is 1. The summed E-state index contributed by atoms with van der Waals surface area (Å²) in [6.07, 6.45) is -3.94. The van der Waals surface area contributed by atoms with Gasteiger partial charge in [0.2, 0.25) is 0 Å². The molecule has 1 fully saturated rings. The van der Waals surface area contributed by atoms with Gasteiger partial charge in [0.15, 0.2) is 12.3 Å². The highest BCUT2D eigenvalue weighted by Gasteiger charge is 2.41. The minimum atomic E-state index is -1.35. The van der Waals surface area contributed by atoms with Crippen LogP contribution in [-0.2, 0) is 9.53 Å². The summed E-state index contributed by atoms with van der Waals surface area (Å²) in [5.41, 5.74) is 3.47. The summed E-state index contributed by atoms with van der Waals surface area (Å²) in [5, 5.41) is 36.4. The molecule has 0 amide bonds. The normalized spacial score (nSPS) is 34.8. The SMILES string of the molecule is [NH3+]C(CCSC[C@H]1O[C@@H](O)[C@H](O)[C@@H]1O)C(=O)O. The molecule has 1 rings (SSSR count). The highest BCUT2D eigenvalue weighted by atomic mass is 32.2. The summed E-state index contributed by atoms with van der Waals surface area (Å²) in [4.78, 5) is 10.5. The quantitative estimate of drug-likeness (QED) is 0.329. The number of aliphatic hydroxyl groups is 3. The van der Waals surface area contributed by atoms with Gasteiger partial charge in [-0.3, -0.25) is 0 Å². The molecule has 8 heteroatoms. The Morgan fingerprint density at radius 1 is 1.35 bits per heavy atom. The number of carboxylic acids is 1. The van der Waals surface area contributed by atoms with E-state index in [4.69, 9.17) is 14.9 Å². The van der Waals surface area contributed by atoms with Crippen molar-refractivity contribution in [2.75, 3.05) is 11.5 Å². The third-order valence-electron chi connectivity index (χ3n) is 2.58. The van der Waals surface area contributed by atoms with E-state index in [2.05, 4.69) is 5.73 Å². The predicted octanol–water partition coefficient (Wildman–Crippen LogP) is -2.76. The van der Waals surface area contributed by atoms with Crippen molar-refractivity contribution in [1.82, 2.24) is 0 Å². The van der Waals surface area contributed by atoms with Crippen molar-refractivity contribution in [3.05, 3.63) is 0 Å². The summed E-state index contributed by atoms with van der Waals surface area (Å²) in [6.45, 7) is 0. The molecule has 7 nitrogen and oxygen atoms in total. The molecule has 0 spiro atoms. The summed E-state index contributed by atoms with van der Waals surface area (Å²) >= 11 is 1.39. The van der Waals surface area contributed by atoms with Crippen molar-refractivity contribution in [2.24, 2.45) is 0 Å². The van der Waals surface area contributed by atoms with Gasteiger partial charge in [0.1, 0.15) is 12.2 Å². The zero-order chi connectivity index (χ0) is 13.0. The van der Waals surface area contributed by atoms with Crippen LogP contribution in [0.2, 0.25) is 0 Å². The first-order valence-corrected chi connectivity index (χ1v) is 6.42. The number of hydrogen-bond donors (Lipinski definition) is 5. The van der Waals surface area contributed by atoms with E-state index in [0.717, 1.165) is 0 Å². The molecule has 0 saturated carbocycles. The lowest BCUT2D eigenvalue weighted by Gasteiger charge is -2.13. The number of aliphatic hydroxyl groups excluding tert-OH is 3. The molecular weight excluding hydrogens is 250 g/mol. The Labute approximate surface area is 103 Å². The van der Waals surface area contributed by atoms with Crippen molar-refractivity contribution in [3.63, 3.8) is 0 Å². The number of thioether (sulfide) groups is 1. The second-order valence-corrected chi connectivity index (χ2v) is 5.09. The van der Waals surface area contributed by atoms with E-state index in [1.165, 1.54) is 11.8 Å². The molecule has 100 valence electrons. The predicted molar refractivity (Wildman–Crippen MR) is 59.1 cm³/mol. The minimum absolute atomic E-state index is 0.391. The zero-order valence-electron chi connectivity index (χ0n) is 9.23. The maximum atomic E-state index is 10.5. The van der Waals surface area contributed by atoms with Crippen molar-refractivity contribution >= 4 is 17.7 Å². The fourth-order valence-corrected chi connectivity index (χ4v) is 2.54. The molecule has 0 aromatic carbocycles. The molecule has 0 aromatic rings. The standard InChI is InChI=1S/C9H17NO6S/c10-4(8(13)14)1-2-17-3-5-6(11)7(12)9(15)16-5/h4-7,9,11-12,15H,1-3,10H2,(H,13,14)/p+1/t4?,5-,6-,7-,9-/m1/s1. The molecule has 0 radical (unpaired) electrons. The Hall–Kier alpha value is -0.380. The van der Waals surface area contributed by atoms with Crippen molar-refractivity contribution in [3.8, 4) is 0 Å². The fourth-order valence-electron chi connectivity index (χ4n) is 1.42. The van der Waals surface area contributed by atoms with Crippen molar-refractivity contribution < 1.29 is 35.7 Å². The van der Waals surface area contributed by atoms with Crippen LogP contribution in [0, 0.1) is 0 Å². The van der Waals surface area contributed by atoms with Crippen LogP contribution >= 0.6 is 11.8 Å². The molecule has 0 aromatic heterocycles. The monoisotopic (exact) mass is 268 g/mol. The number of aliphatic carboxylic acids is 1. The summed E-state index contributed by atoms with van der Waals surface area (Å²) in [7, 11) is 0. The van der Waals surface area contributed by atoms with Gasteiger partial charge in [-0.05, 0) is 5.75 Å². The Kier molecular flexibility index (Phi) is 5.63. The average Bonchev–Trinajstić information content (AvgIpc) is 2.52. The molecule has 0 aliphatic carbocycles. The number of ether oxygens (including phenoxy) is 1. The number of carbonyl (C=O) groups is 1. The first-order chi connectivity index (χ1) is 7.93. The van der Waals surface area contributed by atoms with Gasteiger partial charge in [0.05, 0.1) is 6.10 Å². The van der Waals surface area contributed by atoms with Gasteiger partial charge < -0.3 is 30.9 Å². The van der Waals surface area contributed by atoms with Crippen molar-refractivity contribution in [1.29, 1.82) is 0 Å². The lowest BCUT2D eigenvalue weighted by atomic mass is 10.2. The molecular formula is C9H18NO6S+. The lowest BCUT2D eigenvalue weighted by molar-refractivity contribution is -0.407. The topological polar surface area (TPSA) is 135 Å². The average molecular weight is 268 g/mol. The minimum Gasteiger partial charge on any atom is -0.477 e. The molecule has 1 unspecified atom stereocenters. The van der Waals surface area contributed by atoms with Gasteiger partial charge in [-0.1, -0.05) is 0 Å². The third kappa shape index (κ3) is 4.09. The molecule has 7 N–H and O–H groups in total. The van der Waals surface area contributed by atoms with Crippen LogP contribution in [0.25, 0.3) is 0 Å². The van der Waals surface area contributed by atoms with Crippen LogP contribution in [0.15, 0.2) is 0 Å². The molecule has 1 heterocycles. The van der Waals surface area contributed by atoms with Crippen molar-refractivity contribution in [2.45, 2.75) is 37.1 Å². The Morgan fingerprint density at radius 2 is 2.00 bits per heavy atom. The second-order valence-electron chi connectivity index (χ2n) is 3.95. The molecule has 1 saturated heterocycles. The van der Waals surface area contributed by atoms with Crippen LogP contribution in [0.3, 0.4) is 0 Å². The maximum Gasteiger partial charge on any atom is 0.362 e. The van der Waals surface area contributed by atoms with E-state index >= 15 is 0 Å². The maximum absolute atomic E-state index is 10.5. The number of rotatable bonds is 6. The molecule has 17 heavy (non-hydrogen) atoms. The Morgan fingerprint density at radius 3 is 2.47 bits per heavy atom. The first-order valence-electron chi connectivity index (χ1n) is 5.26. The Bertz CT molecular complexity index is 266. The van der Waals surface area contributed by atoms with E-state index in [-0.39, 0.29) is 0 Å². The third-order valence-corrected chi connectivity index (χ3v) is 3.67. The van der Waals surface area contributed by atoms with Crippen LogP contribution in [-0.4, -0.2) is 68.5 Å². The lowest BCUT2D eigenvalue weighted by Crippen LogP contribution is -2.65. The van der Waals surface area contributed by atoms with E-state index in [9.17, 15) is 15.0 Å². The molecule has 1 aliphatic rings. The van der Waals surface area contributed by atoms with Gasteiger partial charge in [0.25, 0.3) is 0 Å². The highest BCUT2D eigenvalue weighted by Crippen LogP contribution is 2.22. The second kappa shape index (κ2) is 6.53. The van der Waals surface area contributed by atoms with Gasteiger partial charge in [-0.25, -0.2) is 4.79 Å². The molecule has 1 aliphatic heterocycles. The van der Waals surface area contributed by atoms with Crippen LogP contribution in [0.1, 0.15) is 6.42 Å². The largest absolute Gasteiger partial charge is 0.477 e. The zero-order valence-corrected chi connectivity index (χ0v) is 10.0.